The van der Waals surface area contributed by atoms with E-state index in [2.05, 4.69) is 5.32 Å². The molecule has 1 amide bonds. The zero-order valence-corrected chi connectivity index (χ0v) is 16.9. The van der Waals surface area contributed by atoms with Crippen LogP contribution in [-0.4, -0.2) is 33.7 Å². The van der Waals surface area contributed by atoms with Crippen molar-refractivity contribution in [3.63, 3.8) is 0 Å². The highest BCUT2D eigenvalue weighted by Crippen LogP contribution is 2.31. The molecule has 0 fully saturated rings. The first-order chi connectivity index (χ1) is 13.9. The predicted molar refractivity (Wildman–Crippen MR) is 115 cm³/mol. The fourth-order valence-corrected chi connectivity index (χ4v) is 4.58. The molecule has 6 nitrogen and oxygen atoms in total. The third kappa shape index (κ3) is 4.35. The molecule has 0 bridgehead atoms. The number of ether oxygens (including phenoxy) is 1. The molecule has 0 atom stereocenters. The molecule has 0 radical (unpaired) electrons. The highest BCUT2D eigenvalue weighted by atomic mass is 32.2. The van der Waals surface area contributed by atoms with Crippen LogP contribution in [-0.2, 0) is 21.2 Å². The van der Waals surface area contributed by atoms with E-state index < -0.39 is 10.0 Å². The molecule has 0 spiro atoms. The summed E-state index contributed by atoms with van der Waals surface area (Å²) in [6, 6.07) is 19.0. The number of carbonyl (C=O) groups excluding carboxylic acids is 1. The molecule has 0 unspecified atom stereocenters. The lowest BCUT2D eigenvalue weighted by Crippen LogP contribution is -2.34. The van der Waals surface area contributed by atoms with Crippen LogP contribution in [0.25, 0.3) is 10.8 Å². The zero-order valence-electron chi connectivity index (χ0n) is 16.1. The summed E-state index contributed by atoms with van der Waals surface area (Å²) in [7, 11) is -3.30. The molecule has 1 aliphatic heterocycles. The van der Waals surface area contributed by atoms with E-state index >= 15 is 0 Å². The number of hydrogen-bond donors (Lipinski definition) is 1. The maximum Gasteiger partial charge on any atom is 0.262 e. The lowest BCUT2D eigenvalue weighted by Gasteiger charge is -2.29. The average Bonchev–Trinajstić information content (AvgIpc) is 2.71. The number of benzene rings is 3. The standard InChI is InChI=1S/C22H22N2O4S/c1-29(26,27)24-12-4-7-18-13-19(9-11-21(18)24)23-22(25)15-28-20-10-8-16-5-2-3-6-17(16)14-20/h2-3,5-6,8-11,13-14H,4,7,12,15H2,1H3,(H,23,25). The largest absolute Gasteiger partial charge is 0.484 e. The molecule has 0 aromatic heterocycles. The van der Waals surface area contributed by atoms with Crippen LogP contribution in [0.2, 0.25) is 0 Å². The Balaban J connectivity index is 1.42. The highest BCUT2D eigenvalue weighted by molar-refractivity contribution is 7.92. The van der Waals surface area contributed by atoms with Gasteiger partial charge in [-0.1, -0.05) is 30.3 Å². The second-order valence-electron chi connectivity index (χ2n) is 7.13. The Hall–Kier alpha value is -3.06. The predicted octanol–water partition coefficient (Wildman–Crippen LogP) is 3.57. The van der Waals surface area contributed by atoms with Crippen molar-refractivity contribution in [3.05, 3.63) is 66.2 Å². The smallest absolute Gasteiger partial charge is 0.262 e. The summed E-state index contributed by atoms with van der Waals surface area (Å²) in [6.45, 7) is 0.377. The van der Waals surface area contributed by atoms with E-state index in [1.54, 1.807) is 12.1 Å². The summed E-state index contributed by atoms with van der Waals surface area (Å²) in [5.74, 6) is 0.363. The zero-order chi connectivity index (χ0) is 20.4. The van der Waals surface area contributed by atoms with Gasteiger partial charge in [0.2, 0.25) is 10.0 Å². The van der Waals surface area contributed by atoms with Crippen molar-refractivity contribution >= 4 is 38.1 Å². The summed E-state index contributed by atoms with van der Waals surface area (Å²) in [4.78, 5) is 12.3. The van der Waals surface area contributed by atoms with E-state index in [0.29, 0.717) is 23.7 Å². The molecule has 3 aromatic rings. The van der Waals surface area contributed by atoms with Crippen molar-refractivity contribution in [2.45, 2.75) is 12.8 Å². The van der Waals surface area contributed by atoms with Crippen molar-refractivity contribution in [3.8, 4) is 5.75 Å². The highest BCUT2D eigenvalue weighted by Gasteiger charge is 2.24. The van der Waals surface area contributed by atoms with Gasteiger partial charge in [-0.3, -0.25) is 9.10 Å². The van der Waals surface area contributed by atoms with Gasteiger partial charge in [0.15, 0.2) is 6.61 Å². The lowest BCUT2D eigenvalue weighted by molar-refractivity contribution is -0.118. The topological polar surface area (TPSA) is 75.7 Å². The molecule has 0 saturated heterocycles. The van der Waals surface area contributed by atoms with Crippen molar-refractivity contribution in [2.24, 2.45) is 0 Å². The van der Waals surface area contributed by atoms with Gasteiger partial charge in [0.05, 0.1) is 11.9 Å². The van der Waals surface area contributed by atoms with Gasteiger partial charge in [0, 0.05) is 12.2 Å². The molecule has 7 heteroatoms. The number of rotatable bonds is 5. The molecule has 1 heterocycles. The summed E-state index contributed by atoms with van der Waals surface area (Å²) in [6.07, 6.45) is 2.74. The number of amides is 1. The Labute approximate surface area is 170 Å². The van der Waals surface area contributed by atoms with Crippen LogP contribution in [0.5, 0.6) is 5.75 Å². The van der Waals surface area contributed by atoms with Crippen LogP contribution in [0, 0.1) is 0 Å². The van der Waals surface area contributed by atoms with Crippen molar-refractivity contribution in [1.82, 2.24) is 0 Å². The quantitative estimate of drug-likeness (QED) is 0.698. The number of aryl methyl sites for hydroxylation is 1. The van der Waals surface area contributed by atoms with E-state index in [1.165, 1.54) is 10.6 Å². The van der Waals surface area contributed by atoms with Gasteiger partial charge in [-0.2, -0.15) is 0 Å². The third-order valence-electron chi connectivity index (χ3n) is 4.93. The number of anilines is 2. The van der Waals surface area contributed by atoms with Gasteiger partial charge < -0.3 is 10.1 Å². The Morgan fingerprint density at radius 3 is 2.66 bits per heavy atom. The maximum absolute atomic E-state index is 12.3. The summed E-state index contributed by atoms with van der Waals surface area (Å²) in [5.41, 5.74) is 2.23. The lowest BCUT2D eigenvalue weighted by atomic mass is 10.0. The molecule has 29 heavy (non-hydrogen) atoms. The number of fused-ring (bicyclic) bond motifs is 2. The summed E-state index contributed by atoms with van der Waals surface area (Å²) >= 11 is 0. The minimum absolute atomic E-state index is 0.106. The van der Waals surface area contributed by atoms with E-state index in [4.69, 9.17) is 4.74 Å². The fraction of sp³-hybridized carbons (Fsp3) is 0.227. The van der Waals surface area contributed by atoms with Gasteiger partial charge >= 0.3 is 0 Å². The number of hydrogen-bond acceptors (Lipinski definition) is 4. The van der Waals surface area contributed by atoms with Gasteiger partial charge in [-0.15, -0.1) is 0 Å². The number of carbonyl (C=O) groups is 1. The number of sulfonamides is 1. The first-order valence-corrected chi connectivity index (χ1v) is 11.3. The second kappa shape index (κ2) is 7.75. The minimum Gasteiger partial charge on any atom is -0.484 e. The van der Waals surface area contributed by atoms with Gasteiger partial charge in [0.1, 0.15) is 5.75 Å². The molecule has 4 rings (SSSR count). The molecule has 3 aromatic carbocycles. The normalized spacial score (nSPS) is 13.8. The Bertz CT molecular complexity index is 1170. The van der Waals surface area contributed by atoms with Crippen LogP contribution in [0.4, 0.5) is 11.4 Å². The number of nitrogens with one attached hydrogen (secondary N) is 1. The maximum atomic E-state index is 12.3. The van der Waals surface area contributed by atoms with E-state index in [0.717, 1.165) is 29.2 Å². The van der Waals surface area contributed by atoms with Crippen LogP contribution >= 0.6 is 0 Å². The van der Waals surface area contributed by atoms with Crippen LogP contribution in [0.1, 0.15) is 12.0 Å². The molecule has 0 saturated carbocycles. The van der Waals surface area contributed by atoms with E-state index in [9.17, 15) is 13.2 Å². The first-order valence-electron chi connectivity index (χ1n) is 9.42. The van der Waals surface area contributed by atoms with Crippen LogP contribution in [0.15, 0.2) is 60.7 Å². The summed E-state index contributed by atoms with van der Waals surface area (Å²) < 4.78 is 30.9. The molecular formula is C22H22N2O4S. The molecule has 1 aliphatic rings. The summed E-state index contributed by atoms with van der Waals surface area (Å²) in [5, 5.41) is 4.99. The minimum atomic E-state index is -3.30. The van der Waals surface area contributed by atoms with Crippen LogP contribution in [0.3, 0.4) is 0 Å². The van der Waals surface area contributed by atoms with Gasteiger partial charge in [-0.05, 0) is 59.5 Å². The Morgan fingerprint density at radius 2 is 1.86 bits per heavy atom. The first kappa shape index (κ1) is 19.3. The molecular weight excluding hydrogens is 388 g/mol. The second-order valence-corrected chi connectivity index (χ2v) is 9.03. The van der Waals surface area contributed by atoms with Crippen molar-refractivity contribution < 1.29 is 17.9 Å². The SMILES string of the molecule is CS(=O)(=O)N1CCCc2cc(NC(=O)COc3ccc4ccccc4c3)ccc21. The third-order valence-corrected chi connectivity index (χ3v) is 6.11. The average molecular weight is 410 g/mol. The van der Waals surface area contributed by atoms with Crippen molar-refractivity contribution in [1.29, 1.82) is 0 Å². The van der Waals surface area contributed by atoms with Crippen molar-refractivity contribution in [2.75, 3.05) is 29.0 Å². The monoisotopic (exact) mass is 410 g/mol. The number of nitrogens with zero attached hydrogens (tertiary/aromatic N) is 1. The van der Waals surface area contributed by atoms with E-state index in [-0.39, 0.29) is 12.5 Å². The molecule has 150 valence electrons. The Morgan fingerprint density at radius 1 is 1.07 bits per heavy atom. The van der Waals surface area contributed by atoms with Gasteiger partial charge in [0.25, 0.3) is 5.91 Å². The molecule has 0 aliphatic carbocycles. The van der Waals surface area contributed by atoms with Gasteiger partial charge in [-0.25, -0.2) is 8.42 Å². The fourth-order valence-electron chi connectivity index (χ4n) is 3.59. The Kier molecular flexibility index (Phi) is 5.15. The van der Waals surface area contributed by atoms with Crippen LogP contribution < -0.4 is 14.4 Å². The molecule has 1 N–H and O–H groups in total. The van der Waals surface area contributed by atoms with E-state index in [1.807, 2.05) is 48.5 Å².